The molecule has 1 aromatic carbocycles. The van der Waals surface area contributed by atoms with Crippen molar-refractivity contribution in [3.05, 3.63) is 58.7 Å². The zero-order chi connectivity index (χ0) is 18.1. The topological polar surface area (TPSA) is 72.2 Å². The van der Waals surface area contributed by atoms with E-state index in [4.69, 9.17) is 0 Å². The second kappa shape index (κ2) is 6.86. The first-order chi connectivity index (χ1) is 12.6. The van der Waals surface area contributed by atoms with Crippen LogP contribution in [0, 0.1) is 13.8 Å². The van der Waals surface area contributed by atoms with Gasteiger partial charge in [0.05, 0.1) is 6.04 Å². The third-order valence-electron chi connectivity index (χ3n) is 5.30. The maximum Gasteiger partial charge on any atom is 0.252 e. The fourth-order valence-electron chi connectivity index (χ4n) is 3.93. The second-order valence-electron chi connectivity index (χ2n) is 6.94. The van der Waals surface area contributed by atoms with Gasteiger partial charge in [-0.1, -0.05) is 24.3 Å². The smallest absolute Gasteiger partial charge is 0.252 e. The summed E-state index contributed by atoms with van der Waals surface area (Å²) >= 11 is 0. The van der Waals surface area contributed by atoms with Gasteiger partial charge in [-0.25, -0.2) is 9.50 Å². The lowest BCUT2D eigenvalue weighted by molar-refractivity contribution is -0.121. The van der Waals surface area contributed by atoms with Gasteiger partial charge in [0, 0.05) is 17.8 Å². The van der Waals surface area contributed by atoms with Crippen molar-refractivity contribution in [3.63, 3.8) is 0 Å². The maximum atomic E-state index is 12.6. The molecule has 0 saturated heterocycles. The minimum atomic E-state index is 0.0872. The number of carbonyl (C=O) groups excluding carboxylic acids is 1. The Bertz CT molecular complexity index is 962. The van der Waals surface area contributed by atoms with Crippen LogP contribution in [0.25, 0.3) is 5.78 Å². The molecule has 26 heavy (non-hydrogen) atoms. The lowest BCUT2D eigenvalue weighted by Crippen LogP contribution is -2.31. The van der Waals surface area contributed by atoms with Crippen molar-refractivity contribution >= 4 is 11.7 Å². The summed E-state index contributed by atoms with van der Waals surface area (Å²) in [5.74, 6) is 0.691. The lowest BCUT2D eigenvalue weighted by atomic mass is 9.87. The Kier molecular flexibility index (Phi) is 4.41. The van der Waals surface area contributed by atoms with Crippen LogP contribution in [0.4, 0.5) is 0 Å². The third kappa shape index (κ3) is 3.07. The molecule has 2 aromatic heterocycles. The molecule has 0 aliphatic heterocycles. The van der Waals surface area contributed by atoms with E-state index >= 15 is 0 Å². The van der Waals surface area contributed by atoms with Crippen LogP contribution in [-0.4, -0.2) is 25.5 Å². The molecular weight excluding hydrogens is 326 g/mol. The second-order valence-corrected chi connectivity index (χ2v) is 6.94. The molecule has 0 fully saturated rings. The van der Waals surface area contributed by atoms with Crippen LogP contribution in [0.1, 0.15) is 53.4 Å². The van der Waals surface area contributed by atoms with Gasteiger partial charge in [0.1, 0.15) is 6.33 Å². The van der Waals surface area contributed by atoms with E-state index < -0.39 is 0 Å². The minimum Gasteiger partial charge on any atom is -0.349 e. The normalized spacial score (nSPS) is 16.5. The zero-order valence-corrected chi connectivity index (χ0v) is 15.2. The number of hydrogen-bond donors (Lipinski definition) is 1. The van der Waals surface area contributed by atoms with Crippen molar-refractivity contribution in [1.29, 1.82) is 0 Å². The van der Waals surface area contributed by atoms with E-state index in [-0.39, 0.29) is 11.9 Å². The highest BCUT2D eigenvalue weighted by atomic mass is 16.1. The Balaban J connectivity index is 1.45. The molecule has 0 radical (unpaired) electrons. The predicted molar refractivity (Wildman–Crippen MR) is 98.8 cm³/mol. The number of benzene rings is 1. The van der Waals surface area contributed by atoms with E-state index in [1.165, 1.54) is 17.5 Å². The summed E-state index contributed by atoms with van der Waals surface area (Å²) in [5, 5.41) is 7.43. The van der Waals surface area contributed by atoms with Gasteiger partial charge in [0.25, 0.3) is 5.78 Å². The molecule has 0 unspecified atom stereocenters. The molecule has 0 spiro atoms. The summed E-state index contributed by atoms with van der Waals surface area (Å²) < 4.78 is 1.73. The lowest BCUT2D eigenvalue weighted by Gasteiger charge is -2.26. The van der Waals surface area contributed by atoms with Crippen LogP contribution in [0.5, 0.6) is 0 Å². The highest BCUT2D eigenvalue weighted by Crippen LogP contribution is 2.29. The molecule has 1 aliphatic rings. The number of hydrogen-bond acceptors (Lipinski definition) is 4. The molecule has 6 heteroatoms. The average molecular weight is 349 g/mol. The highest BCUT2D eigenvalue weighted by molar-refractivity contribution is 5.77. The number of amides is 1. The number of carbonyl (C=O) groups is 1. The molecule has 6 nitrogen and oxygen atoms in total. The number of aromatic nitrogens is 4. The molecule has 1 amide bonds. The van der Waals surface area contributed by atoms with Gasteiger partial charge < -0.3 is 5.32 Å². The van der Waals surface area contributed by atoms with Crippen LogP contribution in [0.15, 0.2) is 30.6 Å². The fraction of sp³-hybridized carbons (Fsp3) is 0.400. The quantitative estimate of drug-likeness (QED) is 0.786. The summed E-state index contributed by atoms with van der Waals surface area (Å²) in [6.45, 7) is 3.97. The molecule has 1 N–H and O–H groups in total. The number of fused-ring (bicyclic) bond motifs is 2. The van der Waals surface area contributed by atoms with E-state index in [2.05, 4.69) is 44.6 Å². The van der Waals surface area contributed by atoms with Crippen molar-refractivity contribution in [2.24, 2.45) is 0 Å². The van der Waals surface area contributed by atoms with Crippen molar-refractivity contribution in [2.75, 3.05) is 0 Å². The molecule has 4 rings (SSSR count). The van der Waals surface area contributed by atoms with Gasteiger partial charge >= 0.3 is 0 Å². The summed E-state index contributed by atoms with van der Waals surface area (Å²) in [6.07, 6.45) is 5.83. The Hall–Kier alpha value is -2.76. The molecule has 2 heterocycles. The Morgan fingerprint density at radius 1 is 1.31 bits per heavy atom. The van der Waals surface area contributed by atoms with E-state index in [1.54, 1.807) is 4.52 Å². The average Bonchev–Trinajstić information content (AvgIpc) is 3.10. The molecule has 0 saturated carbocycles. The number of aryl methyl sites for hydroxylation is 3. The predicted octanol–water partition coefficient (Wildman–Crippen LogP) is 2.87. The van der Waals surface area contributed by atoms with Gasteiger partial charge in [0.2, 0.25) is 5.91 Å². The number of rotatable bonds is 4. The minimum absolute atomic E-state index is 0.0872. The van der Waals surface area contributed by atoms with Crippen LogP contribution in [-0.2, 0) is 17.6 Å². The maximum absolute atomic E-state index is 12.6. The zero-order valence-electron chi connectivity index (χ0n) is 15.2. The highest BCUT2D eigenvalue weighted by Gasteiger charge is 2.21. The van der Waals surface area contributed by atoms with Gasteiger partial charge in [-0.3, -0.25) is 4.79 Å². The van der Waals surface area contributed by atoms with E-state index in [9.17, 15) is 4.79 Å². The van der Waals surface area contributed by atoms with Gasteiger partial charge in [-0.05, 0) is 56.2 Å². The van der Waals surface area contributed by atoms with Crippen molar-refractivity contribution in [2.45, 2.75) is 52.0 Å². The molecule has 0 bridgehead atoms. The van der Waals surface area contributed by atoms with Gasteiger partial charge in [-0.15, -0.1) is 0 Å². The third-order valence-corrected chi connectivity index (χ3v) is 5.30. The van der Waals surface area contributed by atoms with Gasteiger partial charge in [0.15, 0.2) is 0 Å². The fourth-order valence-corrected chi connectivity index (χ4v) is 3.93. The van der Waals surface area contributed by atoms with Crippen molar-refractivity contribution in [3.8, 4) is 0 Å². The van der Waals surface area contributed by atoms with Crippen molar-refractivity contribution in [1.82, 2.24) is 24.9 Å². The first-order valence-electron chi connectivity index (χ1n) is 9.16. The summed E-state index contributed by atoms with van der Waals surface area (Å²) in [7, 11) is 0. The summed E-state index contributed by atoms with van der Waals surface area (Å²) in [6, 6.07) is 8.55. The number of nitrogens with one attached hydrogen (secondary N) is 1. The largest absolute Gasteiger partial charge is 0.349 e. The van der Waals surface area contributed by atoms with Crippen LogP contribution < -0.4 is 5.32 Å². The molecular formula is C20H23N5O. The monoisotopic (exact) mass is 349 g/mol. The standard InChI is InChI=1S/C20H23N5O/c1-13-16(14(2)25-20(23-13)21-12-22-25)10-11-19(26)24-18-9-5-7-15-6-3-4-8-17(15)18/h3-4,6,8,12,18H,5,7,9-11H2,1-2H3,(H,24,26)/t18-/m1/s1. The van der Waals surface area contributed by atoms with Crippen molar-refractivity contribution < 1.29 is 4.79 Å². The Labute approximate surface area is 152 Å². The Morgan fingerprint density at radius 2 is 2.15 bits per heavy atom. The summed E-state index contributed by atoms with van der Waals surface area (Å²) in [5.41, 5.74) is 5.61. The molecule has 3 aromatic rings. The Morgan fingerprint density at radius 3 is 3.04 bits per heavy atom. The first kappa shape index (κ1) is 16.7. The van der Waals surface area contributed by atoms with Crippen LogP contribution in [0.3, 0.4) is 0 Å². The number of nitrogens with zero attached hydrogens (tertiary/aromatic N) is 4. The molecule has 1 atom stereocenters. The summed E-state index contributed by atoms with van der Waals surface area (Å²) in [4.78, 5) is 21.2. The van der Waals surface area contributed by atoms with E-state index in [1.807, 2.05) is 13.8 Å². The SMILES string of the molecule is Cc1nc2ncnn2c(C)c1CCC(=O)N[C@@H]1CCCc2ccccc21. The van der Waals surface area contributed by atoms with Gasteiger partial charge in [-0.2, -0.15) is 10.1 Å². The molecule has 1 aliphatic carbocycles. The van der Waals surface area contributed by atoms with E-state index in [0.717, 1.165) is 36.2 Å². The molecule has 134 valence electrons. The first-order valence-corrected chi connectivity index (χ1v) is 9.16. The van der Waals surface area contributed by atoms with Crippen LogP contribution in [0.2, 0.25) is 0 Å². The van der Waals surface area contributed by atoms with E-state index in [0.29, 0.717) is 18.6 Å². The van der Waals surface area contributed by atoms with Crippen LogP contribution >= 0.6 is 0 Å².